The van der Waals surface area contributed by atoms with Crippen LogP contribution < -0.4 is 15.4 Å². The van der Waals surface area contributed by atoms with Gasteiger partial charge in [0.2, 0.25) is 0 Å². The molecule has 0 fully saturated rings. The van der Waals surface area contributed by atoms with Crippen LogP contribution in [-0.2, 0) is 0 Å². The lowest BCUT2D eigenvalue weighted by atomic mass is 10.1. The molecule has 0 unspecified atom stereocenters. The highest BCUT2D eigenvalue weighted by Gasteiger charge is 2.19. The second-order valence-electron chi connectivity index (χ2n) is 4.27. The summed E-state index contributed by atoms with van der Waals surface area (Å²) in [5.74, 6) is 0.388. The molecule has 102 valence electrons. The normalized spacial score (nSPS) is 12.8. The van der Waals surface area contributed by atoms with Crippen LogP contribution >= 0.6 is 15.9 Å². The largest absolute Gasteiger partial charge is 0.489 e. The van der Waals surface area contributed by atoms with Gasteiger partial charge in [0.15, 0.2) is 5.75 Å². The molecule has 1 aliphatic rings. The van der Waals surface area contributed by atoms with Crippen molar-refractivity contribution in [3.8, 4) is 5.75 Å². The van der Waals surface area contributed by atoms with E-state index in [2.05, 4.69) is 31.5 Å². The third-order valence-corrected chi connectivity index (χ3v) is 3.58. The number of rotatable bonds is 2. The number of aromatic nitrogens is 1. The summed E-state index contributed by atoms with van der Waals surface area (Å²) in [5, 5.41) is 6.05. The van der Waals surface area contributed by atoms with Crippen molar-refractivity contribution in [2.45, 2.75) is 0 Å². The summed E-state index contributed by atoms with van der Waals surface area (Å²) in [6, 6.07) is 7.21. The summed E-state index contributed by atoms with van der Waals surface area (Å²) >= 11 is 3.35. The van der Waals surface area contributed by atoms with Crippen LogP contribution in [0.5, 0.6) is 5.75 Å². The molecule has 0 atom stereocenters. The van der Waals surface area contributed by atoms with E-state index in [9.17, 15) is 4.79 Å². The van der Waals surface area contributed by atoms with Crippen molar-refractivity contribution in [2.24, 2.45) is 0 Å². The second-order valence-corrected chi connectivity index (χ2v) is 5.12. The zero-order chi connectivity index (χ0) is 13.9. The van der Waals surface area contributed by atoms with Crippen molar-refractivity contribution in [3.05, 3.63) is 46.7 Å². The van der Waals surface area contributed by atoms with Crippen LogP contribution in [0.15, 0.2) is 41.1 Å². The molecule has 0 aliphatic carbocycles. The molecule has 1 aliphatic heterocycles. The Balaban J connectivity index is 1.90. The summed E-state index contributed by atoms with van der Waals surface area (Å²) in [6.45, 7) is 1.30. The van der Waals surface area contributed by atoms with Crippen LogP contribution in [0.25, 0.3) is 0 Å². The zero-order valence-corrected chi connectivity index (χ0v) is 12.1. The van der Waals surface area contributed by atoms with Gasteiger partial charge in [-0.3, -0.25) is 9.78 Å². The molecule has 0 radical (unpaired) electrons. The Labute approximate surface area is 124 Å². The van der Waals surface area contributed by atoms with Gasteiger partial charge >= 0.3 is 0 Å². The maximum absolute atomic E-state index is 12.4. The minimum absolute atomic E-state index is 0.211. The Morgan fingerprint density at radius 1 is 1.40 bits per heavy atom. The first kappa shape index (κ1) is 12.9. The van der Waals surface area contributed by atoms with E-state index in [0.717, 1.165) is 16.7 Å². The Bertz CT molecular complexity index is 661. The fourth-order valence-electron chi connectivity index (χ4n) is 2.02. The first-order chi connectivity index (χ1) is 9.75. The SMILES string of the molecule is O=C(Nc1ccncc1Br)c1cccc2c1OCCN2. The van der Waals surface area contributed by atoms with Crippen LogP contribution in [0.3, 0.4) is 0 Å². The van der Waals surface area contributed by atoms with E-state index >= 15 is 0 Å². The monoisotopic (exact) mass is 333 g/mol. The van der Waals surface area contributed by atoms with Crippen LogP contribution in [-0.4, -0.2) is 24.0 Å². The number of carbonyl (C=O) groups is 1. The van der Waals surface area contributed by atoms with Crippen LogP contribution in [0.1, 0.15) is 10.4 Å². The number of amides is 1. The Morgan fingerprint density at radius 3 is 3.15 bits per heavy atom. The standard InChI is InChI=1S/C14H12BrN3O2/c15-10-8-16-5-4-11(10)18-14(19)9-2-1-3-12-13(9)20-7-6-17-12/h1-5,8,17H,6-7H2,(H,16,18,19). The van der Waals surface area contributed by atoms with Crippen LogP contribution in [0.4, 0.5) is 11.4 Å². The van der Waals surface area contributed by atoms with Crippen LogP contribution in [0.2, 0.25) is 0 Å². The van der Waals surface area contributed by atoms with E-state index in [1.54, 1.807) is 24.5 Å². The highest BCUT2D eigenvalue weighted by Crippen LogP contribution is 2.32. The lowest BCUT2D eigenvalue weighted by molar-refractivity contribution is 0.102. The number of para-hydroxylation sites is 1. The molecule has 2 heterocycles. The molecule has 0 saturated heterocycles. The zero-order valence-electron chi connectivity index (χ0n) is 10.5. The number of hydrogen-bond acceptors (Lipinski definition) is 4. The third-order valence-electron chi connectivity index (χ3n) is 2.94. The first-order valence-corrected chi connectivity index (χ1v) is 6.95. The lowest BCUT2D eigenvalue weighted by Crippen LogP contribution is -2.22. The Kier molecular flexibility index (Phi) is 3.56. The molecule has 3 rings (SSSR count). The predicted octanol–water partition coefficient (Wildman–Crippen LogP) is 2.90. The van der Waals surface area contributed by atoms with Gasteiger partial charge < -0.3 is 15.4 Å². The molecule has 6 heteroatoms. The summed E-state index contributed by atoms with van der Waals surface area (Å²) in [7, 11) is 0. The molecular weight excluding hydrogens is 322 g/mol. The van der Waals surface area contributed by atoms with Gasteiger partial charge in [-0.05, 0) is 34.1 Å². The van der Waals surface area contributed by atoms with Crippen LogP contribution in [0, 0.1) is 0 Å². The van der Waals surface area contributed by atoms with E-state index in [0.29, 0.717) is 23.6 Å². The molecule has 2 N–H and O–H groups in total. The van der Waals surface area contributed by atoms with E-state index in [1.165, 1.54) is 0 Å². The number of hydrogen-bond donors (Lipinski definition) is 2. The number of fused-ring (bicyclic) bond motifs is 1. The molecule has 1 amide bonds. The summed E-state index contributed by atoms with van der Waals surface area (Å²) in [5.41, 5.74) is 2.03. The fourth-order valence-corrected chi connectivity index (χ4v) is 2.37. The summed E-state index contributed by atoms with van der Waals surface area (Å²) in [4.78, 5) is 16.3. The highest BCUT2D eigenvalue weighted by atomic mass is 79.9. The Hall–Kier alpha value is -2.08. The molecule has 5 nitrogen and oxygen atoms in total. The van der Waals surface area contributed by atoms with Gasteiger partial charge in [0.1, 0.15) is 6.61 Å². The maximum atomic E-state index is 12.4. The maximum Gasteiger partial charge on any atom is 0.259 e. The third kappa shape index (κ3) is 2.46. The fraction of sp³-hybridized carbons (Fsp3) is 0.143. The number of pyridine rings is 1. The summed E-state index contributed by atoms with van der Waals surface area (Å²) < 4.78 is 6.33. The van der Waals surface area contributed by atoms with Gasteiger partial charge in [0.05, 0.1) is 21.4 Å². The first-order valence-electron chi connectivity index (χ1n) is 6.16. The smallest absolute Gasteiger partial charge is 0.259 e. The average Bonchev–Trinajstić information content (AvgIpc) is 2.49. The van der Waals surface area contributed by atoms with Crippen molar-refractivity contribution < 1.29 is 9.53 Å². The number of halogens is 1. The quantitative estimate of drug-likeness (QED) is 0.886. The molecule has 1 aromatic carbocycles. The topological polar surface area (TPSA) is 63.2 Å². The molecular formula is C14H12BrN3O2. The van der Waals surface area contributed by atoms with Gasteiger partial charge in [-0.25, -0.2) is 0 Å². The van der Waals surface area contributed by atoms with Crippen molar-refractivity contribution >= 4 is 33.2 Å². The molecule has 0 saturated carbocycles. The highest BCUT2D eigenvalue weighted by molar-refractivity contribution is 9.10. The number of benzene rings is 1. The molecule has 0 bridgehead atoms. The average molecular weight is 334 g/mol. The molecule has 20 heavy (non-hydrogen) atoms. The number of ether oxygens (including phenoxy) is 1. The molecule has 1 aromatic heterocycles. The number of nitrogens with zero attached hydrogens (tertiary/aromatic N) is 1. The Morgan fingerprint density at radius 2 is 2.30 bits per heavy atom. The van der Waals surface area contributed by atoms with Gasteiger partial charge in [-0.15, -0.1) is 0 Å². The van der Waals surface area contributed by atoms with Crippen molar-refractivity contribution in [1.82, 2.24) is 4.98 Å². The van der Waals surface area contributed by atoms with E-state index in [1.807, 2.05) is 12.1 Å². The lowest BCUT2D eigenvalue weighted by Gasteiger charge is -2.21. The molecule has 0 spiro atoms. The second kappa shape index (κ2) is 5.50. The van der Waals surface area contributed by atoms with Crippen molar-refractivity contribution in [3.63, 3.8) is 0 Å². The van der Waals surface area contributed by atoms with E-state index < -0.39 is 0 Å². The molecule has 2 aromatic rings. The minimum atomic E-state index is -0.211. The minimum Gasteiger partial charge on any atom is -0.489 e. The van der Waals surface area contributed by atoms with Gasteiger partial charge in [0, 0.05) is 18.9 Å². The van der Waals surface area contributed by atoms with Gasteiger partial charge in [-0.1, -0.05) is 6.07 Å². The van der Waals surface area contributed by atoms with Crippen molar-refractivity contribution in [1.29, 1.82) is 0 Å². The number of nitrogens with one attached hydrogen (secondary N) is 2. The summed E-state index contributed by atoms with van der Waals surface area (Å²) in [6.07, 6.45) is 3.26. The van der Waals surface area contributed by atoms with E-state index in [-0.39, 0.29) is 5.91 Å². The van der Waals surface area contributed by atoms with Crippen molar-refractivity contribution in [2.75, 3.05) is 23.8 Å². The number of carbonyl (C=O) groups excluding carboxylic acids is 1. The van der Waals surface area contributed by atoms with Gasteiger partial charge in [0.25, 0.3) is 5.91 Å². The van der Waals surface area contributed by atoms with Gasteiger partial charge in [-0.2, -0.15) is 0 Å². The van der Waals surface area contributed by atoms with E-state index in [4.69, 9.17) is 4.74 Å². The number of anilines is 2. The predicted molar refractivity (Wildman–Crippen MR) is 80.3 cm³/mol.